The summed E-state index contributed by atoms with van der Waals surface area (Å²) in [6, 6.07) is 13.0. The van der Waals surface area contributed by atoms with Crippen LogP contribution in [0, 0.1) is 18.3 Å². The molecule has 4 aromatic rings. The van der Waals surface area contributed by atoms with E-state index in [2.05, 4.69) is 16.5 Å². The van der Waals surface area contributed by atoms with Gasteiger partial charge in [-0.3, -0.25) is 13.9 Å². The molecule has 36 heavy (non-hydrogen) atoms. The zero-order valence-electron chi connectivity index (χ0n) is 19.8. The third kappa shape index (κ3) is 3.56. The molecular formula is C26H24N6O4. The number of nitrogens with one attached hydrogen (secondary N) is 1. The maximum absolute atomic E-state index is 13.0. The Balaban J connectivity index is 1.35. The molecule has 0 unspecified atom stereocenters. The number of imidazole rings is 1. The highest BCUT2D eigenvalue weighted by Gasteiger charge is 2.47. The minimum Gasteiger partial charge on any atom is -0.388 e. The van der Waals surface area contributed by atoms with Gasteiger partial charge in [0.2, 0.25) is 0 Å². The SMILES string of the molecule is Cc1nn(C)cc1-c1ccccc1-c1nc2cc(C(=O)N[C@@H]3CO[C@H]4[C@@H]3OC[C@H]4O)ccn2c1C#N. The number of nitrogens with zero attached hydrogens (tertiary/aromatic N) is 5. The van der Waals surface area contributed by atoms with E-state index in [1.165, 1.54) is 0 Å². The van der Waals surface area contributed by atoms with E-state index in [0.717, 1.165) is 22.4 Å². The van der Waals surface area contributed by atoms with Gasteiger partial charge in [-0.05, 0) is 24.6 Å². The van der Waals surface area contributed by atoms with Gasteiger partial charge in [0.05, 0.1) is 24.9 Å². The standard InChI is InChI=1S/C26H24N6O4/c1-14-18(11-31(2)30-14)16-5-3-4-6-17(16)23-20(10-27)32-8-7-15(9-22(32)29-23)26(34)28-19-12-35-25-21(33)13-36-24(19)25/h3-9,11,19,21,24-25,33H,12-13H2,1-2H3,(H,28,34)/t19-,21-,24-,25-/m1/s1. The lowest BCUT2D eigenvalue weighted by atomic mass is 9.97. The molecule has 0 spiro atoms. The lowest BCUT2D eigenvalue weighted by Crippen LogP contribution is -2.44. The molecule has 0 saturated carbocycles. The molecule has 5 heterocycles. The van der Waals surface area contributed by atoms with Crippen molar-refractivity contribution < 1.29 is 19.4 Å². The van der Waals surface area contributed by atoms with Crippen molar-refractivity contribution >= 4 is 11.6 Å². The van der Waals surface area contributed by atoms with E-state index in [9.17, 15) is 15.2 Å². The van der Waals surface area contributed by atoms with E-state index in [0.29, 0.717) is 22.6 Å². The van der Waals surface area contributed by atoms with Gasteiger partial charge in [-0.15, -0.1) is 0 Å². The number of fused-ring (bicyclic) bond motifs is 2. The minimum atomic E-state index is -0.681. The summed E-state index contributed by atoms with van der Waals surface area (Å²) >= 11 is 0. The minimum absolute atomic E-state index is 0.196. The van der Waals surface area contributed by atoms with Gasteiger partial charge in [0.25, 0.3) is 5.91 Å². The van der Waals surface area contributed by atoms with Crippen LogP contribution in [0.25, 0.3) is 28.0 Å². The van der Waals surface area contributed by atoms with Crippen molar-refractivity contribution in [2.45, 2.75) is 31.3 Å². The molecule has 2 N–H and O–H groups in total. The number of hydrogen-bond donors (Lipinski definition) is 2. The Morgan fingerprint density at radius 2 is 1.94 bits per heavy atom. The highest BCUT2D eigenvalue weighted by atomic mass is 16.6. The predicted octanol–water partition coefficient (Wildman–Crippen LogP) is 1.84. The monoisotopic (exact) mass is 484 g/mol. The van der Waals surface area contributed by atoms with Gasteiger partial charge >= 0.3 is 0 Å². The number of hydrogen-bond acceptors (Lipinski definition) is 7. The van der Waals surface area contributed by atoms with Crippen LogP contribution in [-0.4, -0.2) is 67.7 Å². The molecule has 1 amide bonds. The zero-order chi connectivity index (χ0) is 25.0. The fraction of sp³-hybridized carbons (Fsp3) is 0.308. The smallest absolute Gasteiger partial charge is 0.251 e. The highest BCUT2D eigenvalue weighted by Crippen LogP contribution is 2.35. The summed E-state index contributed by atoms with van der Waals surface area (Å²) in [7, 11) is 1.87. The number of aliphatic hydroxyl groups is 1. The van der Waals surface area contributed by atoms with E-state index in [4.69, 9.17) is 14.5 Å². The molecule has 10 heteroatoms. The van der Waals surface area contributed by atoms with E-state index < -0.39 is 12.2 Å². The Kier molecular flexibility index (Phi) is 5.34. The van der Waals surface area contributed by atoms with Crippen molar-refractivity contribution in [3.05, 3.63) is 65.7 Å². The number of carbonyl (C=O) groups is 1. The Hall–Kier alpha value is -4.04. The van der Waals surface area contributed by atoms with Crippen molar-refractivity contribution in [2.24, 2.45) is 7.05 Å². The number of carbonyl (C=O) groups excluding carboxylic acids is 1. The van der Waals surface area contributed by atoms with Crippen LogP contribution in [0.5, 0.6) is 0 Å². The Morgan fingerprint density at radius 1 is 1.17 bits per heavy atom. The van der Waals surface area contributed by atoms with E-state index in [1.807, 2.05) is 44.4 Å². The number of aliphatic hydroxyl groups excluding tert-OH is 1. The second-order valence-electron chi connectivity index (χ2n) is 9.16. The number of rotatable bonds is 4. The maximum Gasteiger partial charge on any atom is 0.251 e. The number of benzene rings is 1. The summed E-state index contributed by atoms with van der Waals surface area (Å²) in [4.78, 5) is 17.8. The van der Waals surface area contributed by atoms with Gasteiger partial charge in [-0.25, -0.2) is 4.98 Å². The molecule has 2 aliphatic heterocycles. The molecule has 2 fully saturated rings. The van der Waals surface area contributed by atoms with Gasteiger partial charge in [-0.1, -0.05) is 24.3 Å². The topological polar surface area (TPSA) is 127 Å². The van der Waals surface area contributed by atoms with E-state index in [1.54, 1.807) is 27.4 Å². The van der Waals surface area contributed by atoms with Gasteiger partial charge in [0, 0.05) is 36.1 Å². The molecule has 1 aromatic carbocycles. The van der Waals surface area contributed by atoms with Crippen LogP contribution in [0.1, 0.15) is 21.7 Å². The Morgan fingerprint density at radius 3 is 2.69 bits per heavy atom. The van der Waals surface area contributed by atoms with Crippen molar-refractivity contribution in [3.8, 4) is 28.5 Å². The summed E-state index contributed by atoms with van der Waals surface area (Å²) in [5.74, 6) is -0.300. The van der Waals surface area contributed by atoms with Crippen LogP contribution < -0.4 is 5.32 Å². The highest BCUT2D eigenvalue weighted by molar-refractivity contribution is 5.95. The number of aromatic nitrogens is 4. The fourth-order valence-corrected chi connectivity index (χ4v) is 5.12. The first-order valence-electron chi connectivity index (χ1n) is 11.7. The summed E-state index contributed by atoms with van der Waals surface area (Å²) < 4.78 is 14.6. The van der Waals surface area contributed by atoms with Gasteiger partial charge in [-0.2, -0.15) is 10.4 Å². The van der Waals surface area contributed by atoms with Gasteiger partial charge in [0.15, 0.2) is 5.69 Å². The molecule has 3 aromatic heterocycles. The van der Waals surface area contributed by atoms with Crippen molar-refractivity contribution in [1.82, 2.24) is 24.5 Å². The first-order valence-corrected chi connectivity index (χ1v) is 11.7. The molecule has 0 aliphatic carbocycles. The quantitative estimate of drug-likeness (QED) is 0.453. The third-order valence-electron chi connectivity index (χ3n) is 6.82. The van der Waals surface area contributed by atoms with E-state index in [-0.39, 0.29) is 31.3 Å². The van der Waals surface area contributed by atoms with Crippen molar-refractivity contribution in [2.75, 3.05) is 13.2 Å². The summed E-state index contributed by atoms with van der Waals surface area (Å²) in [5.41, 5.74) is 5.39. The summed E-state index contributed by atoms with van der Waals surface area (Å²) in [6.07, 6.45) is 2.15. The van der Waals surface area contributed by atoms with Crippen LogP contribution in [0.4, 0.5) is 0 Å². The lowest BCUT2D eigenvalue weighted by molar-refractivity contribution is 0.0178. The van der Waals surface area contributed by atoms with Gasteiger partial charge < -0.3 is 19.9 Å². The lowest BCUT2D eigenvalue weighted by Gasteiger charge is -2.17. The third-order valence-corrected chi connectivity index (χ3v) is 6.82. The summed E-state index contributed by atoms with van der Waals surface area (Å²) in [5, 5.41) is 27.3. The Labute approximate surface area is 206 Å². The Bertz CT molecular complexity index is 1530. The number of aryl methyl sites for hydroxylation is 2. The molecule has 182 valence electrons. The molecule has 10 nitrogen and oxygen atoms in total. The molecule has 0 bridgehead atoms. The van der Waals surface area contributed by atoms with Crippen LogP contribution in [-0.2, 0) is 16.5 Å². The molecular weight excluding hydrogens is 460 g/mol. The van der Waals surface area contributed by atoms with E-state index >= 15 is 0 Å². The maximum atomic E-state index is 13.0. The van der Waals surface area contributed by atoms with Gasteiger partial charge in [0.1, 0.15) is 35.7 Å². The number of pyridine rings is 1. The number of ether oxygens (including phenoxy) is 2. The zero-order valence-corrected chi connectivity index (χ0v) is 19.8. The fourth-order valence-electron chi connectivity index (χ4n) is 5.12. The summed E-state index contributed by atoms with van der Waals surface area (Å²) in [6.45, 7) is 2.42. The second-order valence-corrected chi connectivity index (χ2v) is 9.16. The van der Waals surface area contributed by atoms with Crippen LogP contribution in [0.15, 0.2) is 48.8 Å². The molecule has 4 atom stereocenters. The first kappa shape index (κ1) is 22.4. The molecule has 2 aliphatic rings. The van der Waals surface area contributed by atoms with Crippen LogP contribution in [0.2, 0.25) is 0 Å². The van der Waals surface area contributed by atoms with Crippen molar-refractivity contribution in [3.63, 3.8) is 0 Å². The molecule has 2 saturated heterocycles. The van der Waals surface area contributed by atoms with Crippen LogP contribution in [0.3, 0.4) is 0 Å². The molecule has 0 radical (unpaired) electrons. The average molecular weight is 485 g/mol. The first-order chi connectivity index (χ1) is 17.4. The number of nitriles is 1. The average Bonchev–Trinajstić information content (AvgIpc) is 3.63. The van der Waals surface area contributed by atoms with Crippen molar-refractivity contribution in [1.29, 1.82) is 5.26 Å². The normalized spacial score (nSPS) is 23.1. The predicted molar refractivity (Wildman–Crippen MR) is 129 cm³/mol. The second kappa shape index (κ2) is 8.57. The van der Waals surface area contributed by atoms with Crippen LogP contribution >= 0.6 is 0 Å². The largest absolute Gasteiger partial charge is 0.388 e. The molecule has 6 rings (SSSR count). The number of amides is 1.